The molecule has 0 aliphatic heterocycles. The second-order valence-electron chi connectivity index (χ2n) is 6.70. The number of benzene rings is 2. The third-order valence-corrected chi connectivity index (χ3v) is 5.28. The van der Waals surface area contributed by atoms with Crippen LogP contribution >= 0.6 is 23.2 Å². The lowest BCUT2D eigenvalue weighted by Crippen LogP contribution is -2.33. The first-order chi connectivity index (χ1) is 14.4. The van der Waals surface area contributed by atoms with Gasteiger partial charge in [-0.05, 0) is 42.8 Å². The highest BCUT2D eigenvalue weighted by molar-refractivity contribution is 6.35. The van der Waals surface area contributed by atoms with Crippen LogP contribution in [0.3, 0.4) is 0 Å². The summed E-state index contributed by atoms with van der Waals surface area (Å²) < 4.78 is 6.84. The van der Waals surface area contributed by atoms with Gasteiger partial charge in [0.25, 0.3) is 11.5 Å². The summed E-state index contributed by atoms with van der Waals surface area (Å²) in [5, 5.41) is 5.22. The number of ether oxygens (including phenoxy) is 1. The molecule has 30 heavy (non-hydrogen) atoms. The molecule has 8 heteroatoms. The molecule has 156 valence electrons. The lowest BCUT2D eigenvalue weighted by Gasteiger charge is -2.26. The van der Waals surface area contributed by atoms with Crippen molar-refractivity contribution in [2.45, 2.75) is 19.5 Å². The number of rotatable bonds is 7. The third kappa shape index (κ3) is 5.20. The Morgan fingerprint density at radius 3 is 2.57 bits per heavy atom. The van der Waals surface area contributed by atoms with E-state index >= 15 is 0 Å². The van der Waals surface area contributed by atoms with Gasteiger partial charge < -0.3 is 9.64 Å². The van der Waals surface area contributed by atoms with Gasteiger partial charge in [-0.25, -0.2) is 4.68 Å². The molecule has 1 heterocycles. The molecule has 1 unspecified atom stereocenters. The summed E-state index contributed by atoms with van der Waals surface area (Å²) in [6, 6.07) is 16.9. The van der Waals surface area contributed by atoms with E-state index in [4.69, 9.17) is 27.9 Å². The Hall–Kier alpha value is -2.83. The number of aromatic nitrogens is 2. The number of halogens is 2. The van der Waals surface area contributed by atoms with Crippen LogP contribution in [0.25, 0.3) is 0 Å². The van der Waals surface area contributed by atoms with Crippen LogP contribution in [-0.4, -0.2) is 34.2 Å². The van der Waals surface area contributed by atoms with Crippen molar-refractivity contribution in [2.24, 2.45) is 0 Å². The molecule has 0 spiro atoms. The number of nitrogens with zero attached hydrogens (tertiary/aromatic N) is 3. The summed E-state index contributed by atoms with van der Waals surface area (Å²) in [5.74, 6) is 0.373. The Balaban J connectivity index is 1.72. The van der Waals surface area contributed by atoms with Crippen LogP contribution in [0, 0.1) is 0 Å². The number of para-hydroxylation sites is 1. The molecular weight excluding hydrogens is 425 g/mol. The van der Waals surface area contributed by atoms with Crippen molar-refractivity contribution >= 4 is 29.1 Å². The van der Waals surface area contributed by atoms with Crippen LogP contribution in [0.1, 0.15) is 29.0 Å². The minimum absolute atomic E-state index is 0.161. The molecular formula is C22H21Cl2N3O3. The van der Waals surface area contributed by atoms with Crippen molar-refractivity contribution in [3.05, 3.63) is 92.3 Å². The van der Waals surface area contributed by atoms with Gasteiger partial charge in [-0.15, -0.1) is 0 Å². The van der Waals surface area contributed by atoms with E-state index in [1.165, 1.54) is 21.7 Å². The molecule has 0 aliphatic carbocycles. The van der Waals surface area contributed by atoms with Crippen molar-refractivity contribution in [3.8, 4) is 5.75 Å². The summed E-state index contributed by atoms with van der Waals surface area (Å²) in [6.45, 7) is 2.33. The van der Waals surface area contributed by atoms with E-state index in [0.29, 0.717) is 15.8 Å². The lowest BCUT2D eigenvalue weighted by atomic mass is 10.1. The van der Waals surface area contributed by atoms with E-state index < -0.39 is 0 Å². The molecule has 2 aromatic carbocycles. The van der Waals surface area contributed by atoms with Crippen molar-refractivity contribution in [1.29, 1.82) is 0 Å². The SMILES string of the molecule is CC(c1ccc(Cl)cc1Cl)N(C)C(=O)c1ccc(=O)n(CCOc2ccccc2)n1. The van der Waals surface area contributed by atoms with Crippen molar-refractivity contribution in [1.82, 2.24) is 14.7 Å². The Kier molecular flexibility index (Phi) is 7.13. The zero-order valence-electron chi connectivity index (χ0n) is 16.6. The van der Waals surface area contributed by atoms with Gasteiger partial charge in [0, 0.05) is 23.2 Å². The van der Waals surface area contributed by atoms with Crippen LogP contribution in [0.15, 0.2) is 65.5 Å². The average Bonchev–Trinajstić information content (AvgIpc) is 2.74. The minimum atomic E-state index is -0.328. The molecule has 1 aromatic heterocycles. The summed E-state index contributed by atoms with van der Waals surface area (Å²) >= 11 is 12.2. The summed E-state index contributed by atoms with van der Waals surface area (Å²) in [4.78, 5) is 26.6. The van der Waals surface area contributed by atoms with Crippen LogP contribution in [0.5, 0.6) is 5.75 Å². The zero-order valence-corrected chi connectivity index (χ0v) is 18.1. The maximum Gasteiger partial charge on any atom is 0.274 e. The molecule has 0 N–H and O–H groups in total. The van der Waals surface area contributed by atoms with Gasteiger partial charge >= 0.3 is 0 Å². The maximum atomic E-state index is 12.9. The lowest BCUT2D eigenvalue weighted by molar-refractivity contribution is 0.0733. The van der Waals surface area contributed by atoms with Gasteiger partial charge in [0.2, 0.25) is 0 Å². The van der Waals surface area contributed by atoms with Crippen LogP contribution < -0.4 is 10.3 Å². The highest BCUT2D eigenvalue weighted by atomic mass is 35.5. The van der Waals surface area contributed by atoms with Crippen molar-refractivity contribution in [2.75, 3.05) is 13.7 Å². The van der Waals surface area contributed by atoms with E-state index in [-0.39, 0.29) is 36.4 Å². The molecule has 3 aromatic rings. The molecule has 0 saturated carbocycles. The Labute approximate surface area is 184 Å². The molecule has 3 rings (SSSR count). The Morgan fingerprint density at radius 1 is 1.13 bits per heavy atom. The number of hydrogen-bond acceptors (Lipinski definition) is 4. The number of carbonyl (C=O) groups is 1. The van der Waals surface area contributed by atoms with E-state index in [0.717, 1.165) is 5.56 Å². The van der Waals surface area contributed by atoms with E-state index in [1.54, 1.807) is 25.2 Å². The number of amides is 1. The van der Waals surface area contributed by atoms with E-state index in [2.05, 4.69) is 5.10 Å². The molecule has 0 radical (unpaired) electrons. The smallest absolute Gasteiger partial charge is 0.274 e. The average molecular weight is 446 g/mol. The molecule has 1 amide bonds. The largest absolute Gasteiger partial charge is 0.492 e. The molecule has 0 saturated heterocycles. The minimum Gasteiger partial charge on any atom is -0.492 e. The normalized spacial score (nSPS) is 11.7. The van der Waals surface area contributed by atoms with Gasteiger partial charge in [-0.2, -0.15) is 5.10 Å². The van der Waals surface area contributed by atoms with Crippen molar-refractivity contribution < 1.29 is 9.53 Å². The highest BCUT2D eigenvalue weighted by Gasteiger charge is 2.22. The Morgan fingerprint density at radius 2 is 1.87 bits per heavy atom. The number of hydrogen-bond donors (Lipinski definition) is 0. The van der Waals surface area contributed by atoms with Gasteiger partial charge in [-0.1, -0.05) is 47.5 Å². The first-order valence-corrected chi connectivity index (χ1v) is 10.1. The van der Waals surface area contributed by atoms with Crippen LogP contribution in [0.2, 0.25) is 10.0 Å². The third-order valence-electron chi connectivity index (χ3n) is 4.71. The van der Waals surface area contributed by atoms with Crippen LogP contribution in [-0.2, 0) is 6.54 Å². The van der Waals surface area contributed by atoms with E-state index in [1.807, 2.05) is 37.3 Å². The Bertz CT molecular complexity index is 1090. The van der Waals surface area contributed by atoms with Gasteiger partial charge in [0.05, 0.1) is 12.6 Å². The topological polar surface area (TPSA) is 64.4 Å². The predicted octanol–water partition coefficient (Wildman–Crippen LogP) is 4.46. The first kappa shape index (κ1) is 21.9. The molecule has 0 fully saturated rings. The standard InChI is InChI=1S/C22H21Cl2N3O3/c1-15(18-9-8-16(23)14-19(18)24)26(2)22(29)20-10-11-21(28)27(25-20)12-13-30-17-6-4-3-5-7-17/h3-11,14-15H,12-13H2,1-2H3. The summed E-state index contributed by atoms with van der Waals surface area (Å²) in [5.41, 5.74) is 0.620. The first-order valence-electron chi connectivity index (χ1n) is 9.35. The van der Waals surface area contributed by atoms with Gasteiger partial charge in [0.1, 0.15) is 18.1 Å². The fraction of sp³-hybridized carbons (Fsp3) is 0.227. The quantitative estimate of drug-likeness (QED) is 0.538. The maximum absolute atomic E-state index is 12.9. The van der Waals surface area contributed by atoms with E-state index in [9.17, 15) is 9.59 Å². The van der Waals surface area contributed by atoms with Crippen molar-refractivity contribution in [3.63, 3.8) is 0 Å². The summed E-state index contributed by atoms with van der Waals surface area (Å²) in [7, 11) is 1.66. The van der Waals surface area contributed by atoms with Crippen LogP contribution in [0.4, 0.5) is 0 Å². The number of carbonyl (C=O) groups excluding carboxylic acids is 1. The predicted molar refractivity (Wildman–Crippen MR) is 117 cm³/mol. The summed E-state index contributed by atoms with van der Waals surface area (Å²) in [6.07, 6.45) is 0. The highest BCUT2D eigenvalue weighted by Crippen LogP contribution is 2.29. The molecule has 0 aliphatic rings. The molecule has 6 nitrogen and oxygen atoms in total. The second-order valence-corrected chi connectivity index (χ2v) is 7.54. The second kappa shape index (κ2) is 9.78. The fourth-order valence-electron chi connectivity index (χ4n) is 2.90. The monoisotopic (exact) mass is 445 g/mol. The van der Waals surface area contributed by atoms with Gasteiger partial charge in [0.15, 0.2) is 0 Å². The zero-order chi connectivity index (χ0) is 21.7. The fourth-order valence-corrected chi connectivity index (χ4v) is 3.46. The molecule has 1 atom stereocenters. The van der Waals surface area contributed by atoms with Gasteiger partial charge in [-0.3, -0.25) is 9.59 Å². The molecule has 0 bridgehead atoms.